The fourth-order valence-corrected chi connectivity index (χ4v) is 3.17. The van der Waals surface area contributed by atoms with E-state index in [2.05, 4.69) is 9.88 Å². The molecule has 21 heavy (non-hydrogen) atoms. The van der Waals surface area contributed by atoms with Crippen molar-refractivity contribution in [2.45, 2.75) is 19.4 Å². The van der Waals surface area contributed by atoms with E-state index in [0.29, 0.717) is 17.4 Å². The van der Waals surface area contributed by atoms with Crippen LogP contribution in [0.2, 0.25) is 0 Å². The Morgan fingerprint density at radius 1 is 1.33 bits per heavy atom. The predicted octanol–water partition coefficient (Wildman–Crippen LogP) is 0.519. The second-order valence-electron chi connectivity index (χ2n) is 5.76. The summed E-state index contributed by atoms with van der Waals surface area (Å²) in [7, 11) is 0. The molecule has 1 aromatic rings. The normalized spacial score (nSPS) is 23.5. The van der Waals surface area contributed by atoms with Crippen LogP contribution in [-0.4, -0.2) is 66.1 Å². The maximum absolute atomic E-state index is 12.6. The molecule has 0 saturated carbocycles. The molecule has 2 aliphatic rings. The zero-order chi connectivity index (χ0) is 14.8. The second-order valence-corrected chi connectivity index (χ2v) is 5.76. The fourth-order valence-electron chi connectivity index (χ4n) is 3.17. The van der Waals surface area contributed by atoms with E-state index in [1.165, 1.54) is 0 Å². The van der Waals surface area contributed by atoms with Crippen LogP contribution in [0.5, 0.6) is 0 Å². The number of amides is 1. The molecule has 2 fully saturated rings. The molecule has 6 heteroatoms. The maximum atomic E-state index is 12.6. The van der Waals surface area contributed by atoms with Gasteiger partial charge in [0.05, 0.1) is 13.2 Å². The Balaban J connectivity index is 1.66. The Morgan fingerprint density at radius 2 is 2.10 bits per heavy atom. The number of nitrogens with zero attached hydrogens (tertiary/aromatic N) is 3. The number of likely N-dealkylation sites (tertiary alicyclic amines) is 1. The summed E-state index contributed by atoms with van der Waals surface area (Å²) in [6, 6.07) is 3.93. The van der Waals surface area contributed by atoms with E-state index in [0.717, 1.165) is 51.5 Å². The number of nitrogens with two attached hydrogens (primary N) is 1. The van der Waals surface area contributed by atoms with Gasteiger partial charge in [0.15, 0.2) is 0 Å². The third-order valence-corrected chi connectivity index (χ3v) is 4.23. The number of anilines is 1. The van der Waals surface area contributed by atoms with E-state index < -0.39 is 0 Å². The van der Waals surface area contributed by atoms with E-state index >= 15 is 0 Å². The van der Waals surface area contributed by atoms with Gasteiger partial charge >= 0.3 is 0 Å². The van der Waals surface area contributed by atoms with Gasteiger partial charge in [0.2, 0.25) is 0 Å². The minimum absolute atomic E-state index is 0.0583. The van der Waals surface area contributed by atoms with Gasteiger partial charge in [0.25, 0.3) is 5.91 Å². The molecule has 0 aliphatic carbocycles. The Bertz CT molecular complexity index is 508. The van der Waals surface area contributed by atoms with Crippen LogP contribution in [0.25, 0.3) is 0 Å². The Hall–Kier alpha value is -1.66. The molecule has 0 radical (unpaired) electrons. The molecule has 114 valence electrons. The van der Waals surface area contributed by atoms with Gasteiger partial charge in [-0.25, -0.2) is 4.98 Å². The first-order valence-corrected chi connectivity index (χ1v) is 7.49. The van der Waals surface area contributed by atoms with Crippen LogP contribution in [0.1, 0.15) is 22.5 Å². The summed E-state index contributed by atoms with van der Waals surface area (Å²) in [4.78, 5) is 21.1. The fraction of sp³-hybridized carbons (Fsp3) is 0.600. The largest absolute Gasteiger partial charge is 0.384 e. The molecule has 2 saturated heterocycles. The highest BCUT2D eigenvalue weighted by Gasteiger charge is 2.31. The van der Waals surface area contributed by atoms with Crippen molar-refractivity contribution in [1.29, 1.82) is 0 Å². The lowest BCUT2D eigenvalue weighted by Gasteiger charge is -2.32. The van der Waals surface area contributed by atoms with Crippen LogP contribution < -0.4 is 5.73 Å². The van der Waals surface area contributed by atoms with Crippen molar-refractivity contribution >= 4 is 11.7 Å². The minimum atomic E-state index is 0.0583. The van der Waals surface area contributed by atoms with Crippen molar-refractivity contribution < 1.29 is 9.53 Å². The first kappa shape index (κ1) is 14.3. The van der Waals surface area contributed by atoms with Crippen LogP contribution >= 0.6 is 0 Å². The summed E-state index contributed by atoms with van der Waals surface area (Å²) < 4.78 is 5.39. The molecule has 0 bridgehead atoms. The third kappa shape index (κ3) is 3.16. The number of pyridine rings is 1. The lowest BCUT2D eigenvalue weighted by molar-refractivity contribution is 0.0185. The molecule has 1 unspecified atom stereocenters. The van der Waals surface area contributed by atoms with E-state index in [-0.39, 0.29) is 5.91 Å². The number of nitrogen functional groups attached to an aromatic ring is 1. The average molecular weight is 290 g/mol. The monoisotopic (exact) mass is 290 g/mol. The molecule has 1 amide bonds. The highest BCUT2D eigenvalue weighted by atomic mass is 16.5. The number of rotatable bonds is 2. The first-order chi connectivity index (χ1) is 10.1. The van der Waals surface area contributed by atoms with Crippen LogP contribution in [0, 0.1) is 6.92 Å². The number of ether oxygens (including phenoxy) is 1. The molecule has 1 aromatic heterocycles. The zero-order valence-corrected chi connectivity index (χ0v) is 12.4. The number of morpholine rings is 1. The van der Waals surface area contributed by atoms with Gasteiger partial charge in [-0.05, 0) is 25.5 Å². The maximum Gasteiger partial charge on any atom is 0.254 e. The van der Waals surface area contributed by atoms with Crippen molar-refractivity contribution in [3.63, 3.8) is 0 Å². The Labute approximate surface area is 124 Å². The van der Waals surface area contributed by atoms with Gasteiger partial charge in [-0.2, -0.15) is 0 Å². The van der Waals surface area contributed by atoms with Gasteiger partial charge in [-0.1, -0.05) is 0 Å². The summed E-state index contributed by atoms with van der Waals surface area (Å²) in [5, 5.41) is 0. The molecule has 6 nitrogen and oxygen atoms in total. The quantitative estimate of drug-likeness (QED) is 0.859. The number of carbonyl (C=O) groups excluding carboxylic acids is 1. The lowest BCUT2D eigenvalue weighted by atomic mass is 10.2. The average Bonchev–Trinajstić information content (AvgIpc) is 2.96. The smallest absolute Gasteiger partial charge is 0.254 e. The molecular formula is C15H22N4O2. The van der Waals surface area contributed by atoms with Crippen LogP contribution in [0.3, 0.4) is 0 Å². The van der Waals surface area contributed by atoms with Crippen molar-refractivity contribution in [2.24, 2.45) is 0 Å². The second kappa shape index (κ2) is 5.99. The number of aromatic nitrogens is 1. The molecule has 3 heterocycles. The summed E-state index contributed by atoms with van der Waals surface area (Å²) in [6.07, 6.45) is 1.03. The van der Waals surface area contributed by atoms with Crippen molar-refractivity contribution in [2.75, 3.05) is 45.1 Å². The van der Waals surface area contributed by atoms with Gasteiger partial charge in [0, 0.05) is 43.5 Å². The highest BCUT2D eigenvalue weighted by Crippen LogP contribution is 2.20. The topological polar surface area (TPSA) is 71.7 Å². The predicted molar refractivity (Wildman–Crippen MR) is 80.1 cm³/mol. The first-order valence-electron chi connectivity index (χ1n) is 7.49. The summed E-state index contributed by atoms with van der Waals surface area (Å²) in [5.41, 5.74) is 7.16. The molecule has 2 N–H and O–H groups in total. The molecule has 0 aromatic carbocycles. The summed E-state index contributed by atoms with van der Waals surface area (Å²) in [6.45, 7) is 6.98. The molecule has 0 spiro atoms. The zero-order valence-electron chi connectivity index (χ0n) is 12.4. The van der Waals surface area contributed by atoms with E-state index in [1.54, 1.807) is 12.1 Å². The van der Waals surface area contributed by atoms with Gasteiger partial charge in [-0.15, -0.1) is 0 Å². The van der Waals surface area contributed by atoms with Gasteiger partial charge in [-0.3, -0.25) is 9.69 Å². The number of carbonyl (C=O) groups is 1. The number of aryl methyl sites for hydroxylation is 1. The summed E-state index contributed by atoms with van der Waals surface area (Å²) >= 11 is 0. The van der Waals surface area contributed by atoms with E-state index in [9.17, 15) is 4.79 Å². The molecular weight excluding hydrogens is 268 g/mol. The van der Waals surface area contributed by atoms with Crippen molar-refractivity contribution in [3.05, 3.63) is 23.4 Å². The summed E-state index contributed by atoms with van der Waals surface area (Å²) in [5.74, 6) is 0.463. The van der Waals surface area contributed by atoms with Gasteiger partial charge in [0.1, 0.15) is 5.82 Å². The molecule has 2 aliphatic heterocycles. The lowest BCUT2D eigenvalue weighted by Crippen LogP contribution is -2.45. The standard InChI is InChI=1S/C15H22N4O2/c1-11-8-12(9-14(16)17-11)15(20)19-3-2-13(10-19)18-4-6-21-7-5-18/h8-9,13H,2-7,10H2,1H3,(H2,16,17). The molecule has 1 atom stereocenters. The van der Waals surface area contributed by atoms with Crippen LogP contribution in [-0.2, 0) is 4.74 Å². The van der Waals surface area contributed by atoms with Crippen molar-refractivity contribution in [3.8, 4) is 0 Å². The van der Waals surface area contributed by atoms with Crippen molar-refractivity contribution in [1.82, 2.24) is 14.8 Å². The highest BCUT2D eigenvalue weighted by molar-refractivity contribution is 5.95. The SMILES string of the molecule is Cc1cc(C(=O)N2CCC(N3CCOCC3)C2)cc(N)n1. The number of hydrogen-bond donors (Lipinski definition) is 1. The van der Waals surface area contributed by atoms with E-state index in [1.807, 2.05) is 11.8 Å². The number of hydrogen-bond acceptors (Lipinski definition) is 5. The Kier molecular flexibility index (Phi) is 4.07. The third-order valence-electron chi connectivity index (χ3n) is 4.23. The van der Waals surface area contributed by atoms with Gasteiger partial charge < -0.3 is 15.4 Å². The van der Waals surface area contributed by atoms with Crippen LogP contribution in [0.15, 0.2) is 12.1 Å². The minimum Gasteiger partial charge on any atom is -0.384 e. The van der Waals surface area contributed by atoms with E-state index in [4.69, 9.17) is 10.5 Å². The van der Waals surface area contributed by atoms with Crippen LogP contribution in [0.4, 0.5) is 5.82 Å². The molecule has 3 rings (SSSR count). The Morgan fingerprint density at radius 3 is 2.81 bits per heavy atom.